The molecule has 1 heterocycles. The van der Waals surface area contributed by atoms with Crippen molar-refractivity contribution in [1.29, 1.82) is 0 Å². The van der Waals surface area contributed by atoms with Gasteiger partial charge in [-0.25, -0.2) is 0 Å². The van der Waals surface area contributed by atoms with Crippen LogP contribution in [0.1, 0.15) is 24.3 Å². The van der Waals surface area contributed by atoms with E-state index in [1.807, 2.05) is 18.2 Å². The van der Waals surface area contributed by atoms with Gasteiger partial charge in [-0.1, -0.05) is 18.2 Å². The average molecular weight is 222 g/mol. The van der Waals surface area contributed by atoms with E-state index >= 15 is 0 Å². The molecule has 1 aromatic carbocycles. The van der Waals surface area contributed by atoms with Gasteiger partial charge in [0.05, 0.1) is 13.2 Å². The zero-order valence-electron chi connectivity index (χ0n) is 9.39. The second-order valence-corrected chi connectivity index (χ2v) is 4.02. The summed E-state index contributed by atoms with van der Waals surface area (Å²) in [5.74, 6) is 1.32. The van der Waals surface area contributed by atoms with Crippen molar-refractivity contribution in [1.82, 2.24) is 0 Å². The van der Waals surface area contributed by atoms with E-state index in [1.54, 1.807) is 0 Å². The molecule has 3 nitrogen and oxygen atoms in total. The van der Waals surface area contributed by atoms with Gasteiger partial charge in [-0.15, -0.1) is 0 Å². The Morgan fingerprint density at radius 1 is 1.38 bits per heavy atom. The number of hydrogen-bond donors (Lipinski definition) is 1. The van der Waals surface area contributed by atoms with Crippen LogP contribution in [-0.2, 0) is 4.74 Å². The van der Waals surface area contributed by atoms with E-state index in [0.29, 0.717) is 12.5 Å². The first-order valence-corrected chi connectivity index (χ1v) is 5.82. The lowest BCUT2D eigenvalue weighted by atomic mass is 9.93. The Balaban J connectivity index is 2.11. The molecule has 88 valence electrons. The molecule has 0 radical (unpaired) electrons. The number of benzene rings is 1. The lowest BCUT2D eigenvalue weighted by Crippen LogP contribution is -2.16. The van der Waals surface area contributed by atoms with Gasteiger partial charge >= 0.3 is 0 Å². The van der Waals surface area contributed by atoms with Crippen molar-refractivity contribution in [3.05, 3.63) is 29.8 Å². The molecule has 0 saturated carbocycles. The van der Waals surface area contributed by atoms with Gasteiger partial charge in [0.25, 0.3) is 0 Å². The molecule has 1 aliphatic heterocycles. The van der Waals surface area contributed by atoms with Gasteiger partial charge in [-0.2, -0.15) is 0 Å². The van der Waals surface area contributed by atoms with Crippen LogP contribution < -0.4 is 4.74 Å². The smallest absolute Gasteiger partial charge is 0.122 e. The lowest BCUT2D eigenvalue weighted by molar-refractivity contribution is 0.0792. The Labute approximate surface area is 96.0 Å². The number of aliphatic hydroxyl groups is 1. The molecule has 1 aliphatic rings. The Morgan fingerprint density at radius 2 is 2.25 bits per heavy atom. The summed E-state index contributed by atoms with van der Waals surface area (Å²) in [5.41, 5.74) is 1.20. The number of para-hydroxylation sites is 1. The predicted octanol–water partition coefficient (Wildman–Crippen LogP) is 1.95. The molecule has 3 heteroatoms. The zero-order chi connectivity index (χ0) is 11.2. The summed E-state index contributed by atoms with van der Waals surface area (Å²) in [4.78, 5) is 0. The van der Waals surface area contributed by atoms with Crippen LogP contribution in [0.25, 0.3) is 0 Å². The SMILES string of the molecule is OCCOc1ccccc1C1CCCOC1. The second-order valence-electron chi connectivity index (χ2n) is 4.02. The van der Waals surface area contributed by atoms with Crippen molar-refractivity contribution < 1.29 is 14.6 Å². The Bertz CT molecular complexity index is 319. The minimum atomic E-state index is 0.0511. The molecule has 1 unspecified atom stereocenters. The Kier molecular flexibility index (Phi) is 4.19. The first-order valence-electron chi connectivity index (χ1n) is 5.82. The monoisotopic (exact) mass is 222 g/mol. The highest BCUT2D eigenvalue weighted by atomic mass is 16.5. The van der Waals surface area contributed by atoms with Crippen LogP contribution >= 0.6 is 0 Å². The predicted molar refractivity (Wildman–Crippen MR) is 61.8 cm³/mol. The molecule has 1 N–H and O–H groups in total. The molecule has 1 atom stereocenters. The molecule has 0 aromatic heterocycles. The van der Waals surface area contributed by atoms with Crippen LogP contribution in [0.3, 0.4) is 0 Å². The molecule has 0 aliphatic carbocycles. The molecule has 16 heavy (non-hydrogen) atoms. The second kappa shape index (κ2) is 5.87. The van der Waals surface area contributed by atoms with Crippen molar-refractivity contribution in [2.75, 3.05) is 26.4 Å². The highest BCUT2D eigenvalue weighted by molar-refractivity contribution is 5.36. The van der Waals surface area contributed by atoms with E-state index in [0.717, 1.165) is 31.8 Å². The van der Waals surface area contributed by atoms with E-state index in [9.17, 15) is 0 Å². The van der Waals surface area contributed by atoms with Crippen molar-refractivity contribution in [3.63, 3.8) is 0 Å². The number of rotatable bonds is 4. The Hall–Kier alpha value is -1.06. The maximum absolute atomic E-state index is 8.78. The topological polar surface area (TPSA) is 38.7 Å². The number of hydrogen-bond acceptors (Lipinski definition) is 3. The van der Waals surface area contributed by atoms with Gasteiger partial charge in [-0.05, 0) is 24.5 Å². The average Bonchev–Trinajstić information content (AvgIpc) is 2.38. The normalized spacial score (nSPS) is 20.7. The standard InChI is InChI=1S/C13H18O3/c14-7-9-16-13-6-2-1-5-12(13)11-4-3-8-15-10-11/h1-2,5-6,11,14H,3-4,7-10H2. The summed E-state index contributed by atoms with van der Waals surface area (Å²) in [6.07, 6.45) is 2.26. The van der Waals surface area contributed by atoms with E-state index in [4.69, 9.17) is 14.6 Å². The highest BCUT2D eigenvalue weighted by Gasteiger charge is 2.19. The quantitative estimate of drug-likeness (QED) is 0.846. The van der Waals surface area contributed by atoms with E-state index in [-0.39, 0.29) is 6.61 Å². The summed E-state index contributed by atoms with van der Waals surface area (Å²) in [6.45, 7) is 2.05. The van der Waals surface area contributed by atoms with Gasteiger partial charge < -0.3 is 14.6 Å². The molecule has 0 bridgehead atoms. The van der Waals surface area contributed by atoms with Crippen molar-refractivity contribution in [2.45, 2.75) is 18.8 Å². The third-order valence-electron chi connectivity index (χ3n) is 2.87. The fraction of sp³-hybridized carbons (Fsp3) is 0.538. The first kappa shape index (κ1) is 11.4. The highest BCUT2D eigenvalue weighted by Crippen LogP contribution is 2.32. The fourth-order valence-electron chi connectivity index (χ4n) is 2.09. The van der Waals surface area contributed by atoms with E-state index in [1.165, 1.54) is 5.56 Å². The van der Waals surface area contributed by atoms with Crippen LogP contribution in [0.2, 0.25) is 0 Å². The molecular formula is C13H18O3. The molecule has 1 fully saturated rings. The van der Waals surface area contributed by atoms with Gasteiger partial charge in [0.15, 0.2) is 0 Å². The van der Waals surface area contributed by atoms with Gasteiger partial charge in [-0.3, -0.25) is 0 Å². The van der Waals surface area contributed by atoms with Crippen molar-refractivity contribution in [2.24, 2.45) is 0 Å². The van der Waals surface area contributed by atoms with Crippen molar-refractivity contribution >= 4 is 0 Å². The summed E-state index contributed by atoms with van der Waals surface area (Å²) < 4.78 is 11.0. The molecule has 1 saturated heterocycles. The summed E-state index contributed by atoms with van der Waals surface area (Å²) >= 11 is 0. The van der Waals surface area contributed by atoms with Gasteiger partial charge in [0, 0.05) is 12.5 Å². The minimum absolute atomic E-state index is 0.0511. The Morgan fingerprint density at radius 3 is 3.00 bits per heavy atom. The molecule has 2 rings (SSSR count). The van der Waals surface area contributed by atoms with Crippen LogP contribution in [-0.4, -0.2) is 31.5 Å². The number of aliphatic hydroxyl groups excluding tert-OH is 1. The number of ether oxygens (including phenoxy) is 2. The lowest BCUT2D eigenvalue weighted by Gasteiger charge is -2.24. The third-order valence-corrected chi connectivity index (χ3v) is 2.87. The summed E-state index contributed by atoms with van der Waals surface area (Å²) in [7, 11) is 0. The zero-order valence-corrected chi connectivity index (χ0v) is 9.39. The van der Waals surface area contributed by atoms with Crippen molar-refractivity contribution in [3.8, 4) is 5.75 Å². The van der Waals surface area contributed by atoms with E-state index in [2.05, 4.69) is 6.07 Å². The van der Waals surface area contributed by atoms with Crippen LogP contribution in [0.5, 0.6) is 5.75 Å². The third kappa shape index (κ3) is 2.74. The van der Waals surface area contributed by atoms with Crippen LogP contribution in [0.4, 0.5) is 0 Å². The maximum Gasteiger partial charge on any atom is 0.122 e. The van der Waals surface area contributed by atoms with Gasteiger partial charge in [0.2, 0.25) is 0 Å². The van der Waals surface area contributed by atoms with Gasteiger partial charge in [0.1, 0.15) is 12.4 Å². The molecule has 0 amide bonds. The molecule has 1 aromatic rings. The van der Waals surface area contributed by atoms with Crippen LogP contribution in [0, 0.1) is 0 Å². The summed E-state index contributed by atoms with van der Waals surface area (Å²) in [5, 5.41) is 8.78. The molecule has 0 spiro atoms. The minimum Gasteiger partial charge on any atom is -0.491 e. The summed E-state index contributed by atoms with van der Waals surface area (Å²) in [6, 6.07) is 8.03. The largest absolute Gasteiger partial charge is 0.491 e. The maximum atomic E-state index is 8.78. The fourth-order valence-corrected chi connectivity index (χ4v) is 2.09. The first-order chi connectivity index (χ1) is 7.92. The van der Waals surface area contributed by atoms with E-state index < -0.39 is 0 Å². The molecular weight excluding hydrogens is 204 g/mol. The van der Waals surface area contributed by atoms with Crippen LogP contribution in [0.15, 0.2) is 24.3 Å².